The molecule has 7 nitrogen and oxygen atoms in total. The minimum atomic E-state index is -1.37. The maximum atomic E-state index is 10.8. The first-order valence-electron chi connectivity index (χ1n) is 4.79. The average Bonchev–Trinajstić information content (AvgIpc) is 3.01. The lowest BCUT2D eigenvalue weighted by Gasteiger charge is -2.23. The molecule has 0 amide bonds. The molecule has 1 aliphatic carbocycles. The summed E-state index contributed by atoms with van der Waals surface area (Å²) in [6.45, 7) is 3.14. The van der Waals surface area contributed by atoms with Gasteiger partial charge < -0.3 is 24.8 Å². The van der Waals surface area contributed by atoms with Crippen molar-refractivity contribution in [1.29, 1.82) is 0 Å². The quantitative estimate of drug-likeness (QED) is 0.333. The van der Waals surface area contributed by atoms with E-state index in [1.54, 1.807) is 0 Å². The van der Waals surface area contributed by atoms with Crippen molar-refractivity contribution < 1.29 is 34.4 Å². The second-order valence-corrected chi connectivity index (χ2v) is 3.75. The van der Waals surface area contributed by atoms with Crippen LogP contribution in [0.4, 0.5) is 0 Å². The SMILES string of the molecule is C=C(OC1C=C(C(=O)O)C2OC2C1O)C(=O)O. The van der Waals surface area contributed by atoms with Crippen molar-refractivity contribution >= 4 is 11.9 Å². The topological polar surface area (TPSA) is 117 Å². The average molecular weight is 242 g/mol. The van der Waals surface area contributed by atoms with Crippen LogP contribution in [0, 0.1) is 0 Å². The molecule has 2 rings (SSSR count). The van der Waals surface area contributed by atoms with Crippen molar-refractivity contribution in [2.24, 2.45) is 0 Å². The summed E-state index contributed by atoms with van der Waals surface area (Å²) in [5.41, 5.74) is -0.0384. The van der Waals surface area contributed by atoms with Crippen molar-refractivity contribution in [3.63, 3.8) is 0 Å². The predicted octanol–water partition coefficient (Wildman–Crippen LogP) is -0.877. The molecule has 0 aromatic rings. The lowest BCUT2D eigenvalue weighted by molar-refractivity contribution is -0.138. The minimum absolute atomic E-state index is 0.0384. The Bertz CT molecular complexity index is 424. The van der Waals surface area contributed by atoms with E-state index in [2.05, 4.69) is 6.58 Å². The zero-order chi connectivity index (χ0) is 12.7. The first-order chi connectivity index (χ1) is 7.91. The zero-order valence-electron chi connectivity index (χ0n) is 8.57. The molecule has 4 atom stereocenters. The standard InChI is InChI=1S/C10H10O7/c1-3(9(12)13)16-5-2-4(10(14)15)7-8(17-7)6(5)11/h2,5-8,11H,1H2,(H,12,13)(H,14,15). The Morgan fingerprint density at radius 3 is 2.59 bits per heavy atom. The normalized spacial score (nSPS) is 34.3. The Morgan fingerprint density at radius 1 is 1.41 bits per heavy atom. The van der Waals surface area contributed by atoms with Gasteiger partial charge >= 0.3 is 11.9 Å². The molecule has 1 saturated heterocycles. The highest BCUT2D eigenvalue weighted by atomic mass is 16.6. The highest BCUT2D eigenvalue weighted by molar-refractivity contribution is 5.89. The van der Waals surface area contributed by atoms with Crippen LogP contribution in [0.25, 0.3) is 0 Å². The van der Waals surface area contributed by atoms with Crippen molar-refractivity contribution in [2.75, 3.05) is 0 Å². The van der Waals surface area contributed by atoms with Gasteiger partial charge in [-0.25, -0.2) is 9.59 Å². The van der Waals surface area contributed by atoms with Gasteiger partial charge in [0.15, 0.2) is 5.76 Å². The van der Waals surface area contributed by atoms with Gasteiger partial charge in [-0.3, -0.25) is 0 Å². The molecule has 0 bridgehead atoms. The molecule has 7 heteroatoms. The van der Waals surface area contributed by atoms with Crippen LogP contribution in [0.2, 0.25) is 0 Å². The molecule has 17 heavy (non-hydrogen) atoms. The van der Waals surface area contributed by atoms with Crippen molar-refractivity contribution in [3.8, 4) is 0 Å². The molecule has 3 N–H and O–H groups in total. The van der Waals surface area contributed by atoms with Gasteiger partial charge in [-0.1, -0.05) is 0 Å². The summed E-state index contributed by atoms with van der Waals surface area (Å²) in [7, 11) is 0. The maximum absolute atomic E-state index is 10.8. The van der Waals surface area contributed by atoms with Crippen molar-refractivity contribution in [2.45, 2.75) is 24.4 Å². The monoisotopic (exact) mass is 242 g/mol. The molecule has 92 valence electrons. The number of carbonyl (C=O) groups is 2. The Labute approximate surface area is 95.6 Å². The number of fused-ring (bicyclic) bond motifs is 1. The Kier molecular flexibility index (Phi) is 2.64. The summed E-state index contributed by atoms with van der Waals surface area (Å²) in [5.74, 6) is -3.12. The lowest BCUT2D eigenvalue weighted by Crippen LogP contribution is -2.38. The van der Waals surface area contributed by atoms with Crippen LogP contribution in [-0.4, -0.2) is 51.7 Å². The molecule has 4 unspecified atom stereocenters. The highest BCUT2D eigenvalue weighted by Gasteiger charge is 2.55. The first-order valence-corrected chi connectivity index (χ1v) is 4.79. The van der Waals surface area contributed by atoms with Gasteiger partial charge in [0.05, 0.1) is 5.57 Å². The number of rotatable bonds is 4. The van der Waals surface area contributed by atoms with Crippen LogP contribution in [0.3, 0.4) is 0 Å². The second-order valence-electron chi connectivity index (χ2n) is 3.75. The number of carboxylic acids is 2. The Hall–Kier alpha value is -1.86. The minimum Gasteiger partial charge on any atom is -0.478 e. The molecule has 1 heterocycles. The molecular formula is C10H10O7. The van der Waals surface area contributed by atoms with Crippen LogP contribution in [-0.2, 0) is 19.1 Å². The number of carboxylic acid groups (broad SMARTS) is 2. The van der Waals surface area contributed by atoms with Crippen LogP contribution in [0.5, 0.6) is 0 Å². The number of aliphatic hydroxyl groups excluding tert-OH is 1. The summed E-state index contributed by atoms with van der Waals surface area (Å²) < 4.78 is 9.86. The van der Waals surface area contributed by atoms with Gasteiger partial charge in [-0.05, 0) is 12.7 Å². The van der Waals surface area contributed by atoms with Gasteiger partial charge in [0.2, 0.25) is 0 Å². The van der Waals surface area contributed by atoms with E-state index in [1.165, 1.54) is 0 Å². The van der Waals surface area contributed by atoms with Gasteiger partial charge in [-0.2, -0.15) is 0 Å². The fourth-order valence-electron chi connectivity index (χ4n) is 1.70. The van der Waals surface area contributed by atoms with E-state index in [0.29, 0.717) is 0 Å². The fourth-order valence-corrected chi connectivity index (χ4v) is 1.70. The van der Waals surface area contributed by atoms with Gasteiger partial charge in [0, 0.05) is 0 Å². The third-order valence-corrected chi connectivity index (χ3v) is 2.61. The van der Waals surface area contributed by atoms with Crippen LogP contribution >= 0.6 is 0 Å². The predicted molar refractivity (Wildman–Crippen MR) is 52.0 cm³/mol. The van der Waals surface area contributed by atoms with E-state index in [4.69, 9.17) is 19.7 Å². The second kappa shape index (κ2) is 3.86. The molecule has 0 radical (unpaired) electrons. The number of ether oxygens (including phenoxy) is 2. The maximum Gasteiger partial charge on any atom is 0.370 e. The highest BCUT2D eigenvalue weighted by Crippen LogP contribution is 2.38. The summed E-state index contributed by atoms with van der Waals surface area (Å²) in [5, 5.41) is 27.1. The largest absolute Gasteiger partial charge is 0.478 e. The number of aliphatic hydroxyl groups is 1. The van der Waals surface area contributed by atoms with E-state index < -0.39 is 42.1 Å². The van der Waals surface area contributed by atoms with E-state index >= 15 is 0 Å². The summed E-state index contributed by atoms with van der Waals surface area (Å²) in [4.78, 5) is 21.4. The molecule has 0 aromatic carbocycles. The smallest absolute Gasteiger partial charge is 0.370 e. The van der Waals surface area contributed by atoms with Crippen molar-refractivity contribution in [3.05, 3.63) is 24.0 Å². The van der Waals surface area contributed by atoms with Gasteiger partial charge in [0.25, 0.3) is 0 Å². The van der Waals surface area contributed by atoms with E-state index in [9.17, 15) is 14.7 Å². The van der Waals surface area contributed by atoms with Gasteiger partial charge in [0.1, 0.15) is 24.4 Å². The van der Waals surface area contributed by atoms with E-state index in [-0.39, 0.29) is 5.57 Å². The molecule has 2 aliphatic rings. The van der Waals surface area contributed by atoms with Crippen LogP contribution in [0.15, 0.2) is 24.0 Å². The number of epoxide rings is 1. The van der Waals surface area contributed by atoms with E-state index in [0.717, 1.165) is 6.08 Å². The Balaban J connectivity index is 2.16. The van der Waals surface area contributed by atoms with Crippen molar-refractivity contribution in [1.82, 2.24) is 0 Å². The van der Waals surface area contributed by atoms with Crippen LogP contribution < -0.4 is 0 Å². The zero-order valence-corrected chi connectivity index (χ0v) is 8.57. The summed E-state index contributed by atoms with van der Waals surface area (Å²) in [6, 6.07) is 0. The van der Waals surface area contributed by atoms with Crippen LogP contribution in [0.1, 0.15) is 0 Å². The first kappa shape index (κ1) is 11.6. The number of aliphatic carboxylic acids is 2. The molecule has 1 fully saturated rings. The molecular weight excluding hydrogens is 232 g/mol. The van der Waals surface area contributed by atoms with Gasteiger partial charge in [-0.15, -0.1) is 0 Å². The number of hydrogen-bond donors (Lipinski definition) is 3. The number of hydrogen-bond acceptors (Lipinski definition) is 5. The van der Waals surface area contributed by atoms with E-state index in [1.807, 2.05) is 0 Å². The summed E-state index contributed by atoms with van der Waals surface area (Å²) in [6.07, 6.45) is -2.32. The molecule has 1 aliphatic heterocycles. The fraction of sp³-hybridized carbons (Fsp3) is 0.400. The third kappa shape index (κ3) is 2.02. The third-order valence-electron chi connectivity index (χ3n) is 2.61. The lowest BCUT2D eigenvalue weighted by atomic mass is 9.95. The molecule has 0 spiro atoms. The molecule has 0 aromatic heterocycles. The Morgan fingerprint density at radius 2 is 2.06 bits per heavy atom. The summed E-state index contributed by atoms with van der Waals surface area (Å²) >= 11 is 0. The molecule has 0 saturated carbocycles.